The van der Waals surface area contributed by atoms with Gasteiger partial charge >= 0.3 is 0 Å². The summed E-state index contributed by atoms with van der Waals surface area (Å²) in [5.74, 6) is -0.274. The Hall–Kier alpha value is 0.170. The molecule has 2 saturated heterocycles. The Morgan fingerprint density at radius 2 is 2.33 bits per heavy atom. The number of aliphatic hydroxyl groups is 2. The molecule has 0 aromatic rings. The minimum atomic E-state index is -1.28. The molecular weight excluding hydrogens is 144 g/mol. The second kappa shape index (κ2) is 1.42. The lowest BCUT2D eigenvalue weighted by atomic mass is 9.79. The van der Waals surface area contributed by atoms with Crippen molar-refractivity contribution >= 4 is 11.6 Å². The molecule has 4 atom stereocenters. The van der Waals surface area contributed by atoms with Crippen molar-refractivity contribution in [2.75, 3.05) is 6.61 Å². The van der Waals surface area contributed by atoms with Crippen LogP contribution >= 0.6 is 11.6 Å². The van der Waals surface area contributed by atoms with E-state index in [0.717, 1.165) is 0 Å². The third kappa shape index (κ3) is 0.491. The van der Waals surface area contributed by atoms with Gasteiger partial charge in [-0.25, -0.2) is 0 Å². The SMILES string of the molecule is O[C@H]1C2CO[C@@H]1C2(O)Cl. The Bertz CT molecular complexity index is 133. The number of aliphatic hydroxyl groups excluding tert-OH is 1. The third-order valence-corrected chi connectivity index (χ3v) is 2.59. The molecule has 0 spiro atoms. The third-order valence-electron chi connectivity index (χ3n) is 2.10. The zero-order valence-corrected chi connectivity index (χ0v) is 5.38. The number of fused-ring (bicyclic) bond motifs is 1. The number of halogens is 1. The number of ether oxygens (including phenoxy) is 1. The molecule has 3 fully saturated rings. The van der Waals surface area contributed by atoms with Crippen molar-refractivity contribution in [2.24, 2.45) is 5.92 Å². The summed E-state index contributed by atoms with van der Waals surface area (Å²) in [6.07, 6.45) is -1.10. The highest BCUT2D eigenvalue weighted by Crippen LogP contribution is 2.50. The first-order valence-electron chi connectivity index (χ1n) is 2.85. The van der Waals surface area contributed by atoms with E-state index in [2.05, 4.69) is 0 Å². The van der Waals surface area contributed by atoms with E-state index in [1.54, 1.807) is 0 Å². The van der Waals surface area contributed by atoms with Crippen molar-refractivity contribution in [3.05, 3.63) is 0 Å². The van der Waals surface area contributed by atoms with Gasteiger partial charge in [0.15, 0.2) is 5.06 Å². The molecule has 3 aliphatic rings. The van der Waals surface area contributed by atoms with Crippen molar-refractivity contribution in [2.45, 2.75) is 17.3 Å². The average Bonchev–Trinajstić information content (AvgIpc) is 2.23. The Balaban J connectivity index is 2.23. The lowest BCUT2D eigenvalue weighted by molar-refractivity contribution is -0.140. The van der Waals surface area contributed by atoms with E-state index in [1.807, 2.05) is 0 Å². The number of alkyl halides is 1. The Morgan fingerprint density at radius 3 is 2.44 bits per heavy atom. The number of rotatable bonds is 0. The lowest BCUT2D eigenvalue weighted by Gasteiger charge is -2.41. The first kappa shape index (κ1) is 5.92. The van der Waals surface area contributed by atoms with Crippen LogP contribution in [0.3, 0.4) is 0 Å². The molecule has 1 saturated carbocycles. The van der Waals surface area contributed by atoms with E-state index in [0.29, 0.717) is 6.61 Å². The maximum Gasteiger partial charge on any atom is 0.174 e. The topological polar surface area (TPSA) is 49.7 Å². The zero-order valence-electron chi connectivity index (χ0n) is 4.62. The monoisotopic (exact) mass is 150 g/mol. The van der Waals surface area contributed by atoms with Gasteiger partial charge in [-0.2, -0.15) is 0 Å². The van der Waals surface area contributed by atoms with Crippen LogP contribution in [-0.4, -0.2) is 34.1 Å². The number of hydrogen-bond acceptors (Lipinski definition) is 3. The van der Waals surface area contributed by atoms with Gasteiger partial charge in [0.1, 0.15) is 6.10 Å². The van der Waals surface area contributed by atoms with Crippen LogP contribution in [-0.2, 0) is 4.74 Å². The van der Waals surface area contributed by atoms with E-state index in [-0.39, 0.29) is 5.92 Å². The molecule has 9 heavy (non-hydrogen) atoms. The van der Waals surface area contributed by atoms with Gasteiger partial charge < -0.3 is 14.9 Å². The van der Waals surface area contributed by atoms with E-state index >= 15 is 0 Å². The van der Waals surface area contributed by atoms with Crippen LogP contribution in [0, 0.1) is 5.92 Å². The molecule has 0 aromatic heterocycles. The van der Waals surface area contributed by atoms with Crippen molar-refractivity contribution in [1.29, 1.82) is 0 Å². The van der Waals surface area contributed by atoms with Gasteiger partial charge in [0, 0.05) is 0 Å². The minimum Gasteiger partial charge on any atom is -0.390 e. The molecule has 1 aliphatic carbocycles. The molecule has 2 N–H and O–H groups in total. The fourth-order valence-corrected chi connectivity index (χ4v) is 1.80. The predicted molar refractivity (Wildman–Crippen MR) is 30.0 cm³/mol. The molecule has 0 amide bonds. The molecule has 2 heterocycles. The molecular formula is C5H7ClO3. The fourth-order valence-electron chi connectivity index (χ4n) is 1.42. The van der Waals surface area contributed by atoms with Crippen molar-refractivity contribution in [3.63, 3.8) is 0 Å². The highest BCUT2D eigenvalue weighted by molar-refractivity contribution is 6.24. The smallest absolute Gasteiger partial charge is 0.174 e. The van der Waals surface area contributed by atoms with Crippen molar-refractivity contribution in [3.8, 4) is 0 Å². The highest BCUT2D eigenvalue weighted by Gasteiger charge is 2.66. The standard InChI is InChI=1S/C5H7ClO3/c6-5(8)2-1-9-4(5)3(2)7/h2-4,7-8H,1H2/t2?,3-,4-,5?/m0/s1. The first-order valence-corrected chi connectivity index (χ1v) is 3.23. The summed E-state index contributed by atoms with van der Waals surface area (Å²) in [4.78, 5) is 0. The second-order valence-corrected chi connectivity index (χ2v) is 3.18. The van der Waals surface area contributed by atoms with Crippen LogP contribution in [0.15, 0.2) is 0 Å². The summed E-state index contributed by atoms with van der Waals surface area (Å²) in [5.41, 5.74) is 0. The van der Waals surface area contributed by atoms with Crippen molar-refractivity contribution in [1.82, 2.24) is 0 Å². The van der Waals surface area contributed by atoms with Gasteiger partial charge in [0.25, 0.3) is 0 Å². The Labute approximate surface area is 57.2 Å². The van der Waals surface area contributed by atoms with Gasteiger partial charge in [0.2, 0.25) is 0 Å². The summed E-state index contributed by atoms with van der Waals surface area (Å²) in [5, 5.41) is 16.9. The summed E-state index contributed by atoms with van der Waals surface area (Å²) >= 11 is 5.53. The van der Waals surface area contributed by atoms with Crippen LogP contribution in [0.5, 0.6) is 0 Å². The van der Waals surface area contributed by atoms with Gasteiger partial charge in [-0.3, -0.25) is 0 Å². The molecule has 2 unspecified atom stereocenters. The largest absolute Gasteiger partial charge is 0.390 e. The van der Waals surface area contributed by atoms with Crippen LogP contribution < -0.4 is 0 Å². The number of hydrogen-bond donors (Lipinski definition) is 2. The summed E-state index contributed by atoms with van der Waals surface area (Å²) in [6.45, 7) is 0.381. The maximum absolute atomic E-state index is 9.16. The average molecular weight is 151 g/mol. The van der Waals surface area contributed by atoms with Gasteiger partial charge in [0.05, 0.1) is 18.6 Å². The Morgan fingerprint density at radius 1 is 1.67 bits per heavy atom. The summed E-state index contributed by atoms with van der Waals surface area (Å²) in [6, 6.07) is 0. The van der Waals surface area contributed by atoms with Crippen LogP contribution in [0.1, 0.15) is 0 Å². The molecule has 4 heteroatoms. The summed E-state index contributed by atoms with van der Waals surface area (Å²) < 4.78 is 4.92. The molecule has 0 radical (unpaired) electrons. The van der Waals surface area contributed by atoms with Gasteiger partial charge in [-0.15, -0.1) is 0 Å². The molecule has 2 bridgehead atoms. The molecule has 3 nitrogen and oxygen atoms in total. The maximum atomic E-state index is 9.16. The molecule has 3 rings (SSSR count). The summed E-state index contributed by atoms with van der Waals surface area (Å²) in [7, 11) is 0. The molecule has 0 aromatic carbocycles. The predicted octanol–water partition coefficient (Wildman–Crippen LogP) is -0.697. The van der Waals surface area contributed by atoms with Crippen LogP contribution in [0.25, 0.3) is 0 Å². The van der Waals surface area contributed by atoms with Gasteiger partial charge in [-0.05, 0) is 0 Å². The minimum absolute atomic E-state index is 0.274. The van der Waals surface area contributed by atoms with Crippen molar-refractivity contribution < 1.29 is 14.9 Å². The van der Waals surface area contributed by atoms with E-state index < -0.39 is 17.3 Å². The first-order chi connectivity index (χ1) is 4.14. The Kier molecular flexibility index (Phi) is 0.937. The highest BCUT2D eigenvalue weighted by atomic mass is 35.5. The molecule has 52 valence electrons. The quantitative estimate of drug-likeness (QED) is 0.449. The lowest BCUT2D eigenvalue weighted by Crippen LogP contribution is -2.61. The normalized spacial score (nSPS) is 63.7. The zero-order chi connectivity index (χ0) is 6.65. The van der Waals surface area contributed by atoms with E-state index in [4.69, 9.17) is 26.6 Å². The van der Waals surface area contributed by atoms with E-state index in [9.17, 15) is 0 Å². The van der Waals surface area contributed by atoms with Gasteiger partial charge in [-0.1, -0.05) is 11.6 Å². The van der Waals surface area contributed by atoms with Crippen LogP contribution in [0.4, 0.5) is 0 Å². The van der Waals surface area contributed by atoms with Crippen LogP contribution in [0.2, 0.25) is 0 Å². The fraction of sp³-hybridized carbons (Fsp3) is 1.00. The molecule has 2 aliphatic heterocycles. The second-order valence-electron chi connectivity index (χ2n) is 2.58. The van der Waals surface area contributed by atoms with E-state index in [1.165, 1.54) is 0 Å².